The van der Waals surface area contributed by atoms with Gasteiger partial charge in [0.25, 0.3) is 0 Å². The first-order chi connectivity index (χ1) is 8.50. The first-order valence-electron chi connectivity index (χ1n) is 4.94. The van der Waals surface area contributed by atoms with E-state index in [0.717, 1.165) is 24.3 Å². The molecule has 0 heterocycles. The minimum atomic E-state index is -0.948. The molecule has 0 atom stereocenters. The molecule has 0 N–H and O–H groups in total. The Morgan fingerprint density at radius 1 is 1.00 bits per heavy atom. The quantitative estimate of drug-likeness (QED) is 0.763. The second-order valence-electron chi connectivity index (χ2n) is 3.55. The largest absolute Gasteiger partial charge is 0.288 e. The number of carbonyl (C=O) groups is 1. The maximum absolute atomic E-state index is 13.4. The molecule has 0 aliphatic carbocycles. The molecule has 0 amide bonds. The molecule has 0 saturated heterocycles. The Morgan fingerprint density at radius 3 is 2.17 bits per heavy atom. The van der Waals surface area contributed by atoms with E-state index in [4.69, 9.17) is 0 Å². The molecule has 92 valence electrons. The zero-order valence-corrected chi connectivity index (χ0v) is 10.5. The minimum absolute atomic E-state index is 0.000370. The summed E-state index contributed by atoms with van der Waals surface area (Å²) in [6.07, 6.45) is 0. The average molecular weight is 315 g/mol. The molecule has 2 rings (SSSR count). The highest BCUT2D eigenvalue weighted by molar-refractivity contribution is 9.10. The lowest BCUT2D eigenvalue weighted by Gasteiger charge is -2.06. The van der Waals surface area contributed by atoms with Crippen molar-refractivity contribution in [2.75, 3.05) is 0 Å². The van der Waals surface area contributed by atoms with Gasteiger partial charge in [0, 0.05) is 10.0 Å². The van der Waals surface area contributed by atoms with Gasteiger partial charge in [-0.2, -0.15) is 0 Å². The maximum Gasteiger partial charge on any atom is 0.200 e. The second-order valence-corrected chi connectivity index (χ2v) is 4.40. The molecule has 0 aliphatic heterocycles. The summed E-state index contributed by atoms with van der Waals surface area (Å²) in [5.41, 5.74) is -0.648. The van der Waals surface area contributed by atoms with Gasteiger partial charge >= 0.3 is 0 Å². The van der Waals surface area contributed by atoms with E-state index in [2.05, 4.69) is 15.9 Å². The first kappa shape index (κ1) is 12.8. The highest BCUT2D eigenvalue weighted by Gasteiger charge is 2.20. The van der Waals surface area contributed by atoms with Gasteiger partial charge in [0.2, 0.25) is 0 Å². The number of benzene rings is 2. The standard InChI is InChI=1S/C13H6BrF3O/c14-9-6-7(15)4-5-8(9)13(18)12-10(16)2-1-3-11(12)17/h1-6H. The summed E-state index contributed by atoms with van der Waals surface area (Å²) in [5.74, 6) is -3.28. The summed E-state index contributed by atoms with van der Waals surface area (Å²) in [4.78, 5) is 12.0. The number of carbonyl (C=O) groups excluding carboxylic acids is 1. The molecule has 0 fully saturated rings. The van der Waals surface area contributed by atoms with Crippen molar-refractivity contribution in [1.29, 1.82) is 0 Å². The lowest BCUT2D eigenvalue weighted by molar-refractivity contribution is 0.103. The Hall–Kier alpha value is -1.62. The van der Waals surface area contributed by atoms with E-state index >= 15 is 0 Å². The van der Waals surface area contributed by atoms with Crippen LogP contribution in [-0.2, 0) is 0 Å². The smallest absolute Gasteiger partial charge is 0.200 e. The molecule has 2 aromatic carbocycles. The molecule has 18 heavy (non-hydrogen) atoms. The van der Waals surface area contributed by atoms with E-state index < -0.39 is 28.8 Å². The van der Waals surface area contributed by atoms with Crippen LogP contribution in [0.15, 0.2) is 40.9 Å². The van der Waals surface area contributed by atoms with Crippen molar-refractivity contribution < 1.29 is 18.0 Å². The van der Waals surface area contributed by atoms with Crippen LogP contribution in [0.1, 0.15) is 15.9 Å². The molecule has 0 saturated carbocycles. The Balaban J connectivity index is 2.55. The fourth-order valence-electron chi connectivity index (χ4n) is 1.52. The number of halogens is 4. The number of ketones is 1. The molecule has 2 aromatic rings. The van der Waals surface area contributed by atoms with Gasteiger partial charge in [0.1, 0.15) is 17.5 Å². The van der Waals surface area contributed by atoms with Gasteiger partial charge in [0.05, 0.1) is 5.56 Å². The Morgan fingerprint density at radius 2 is 1.61 bits per heavy atom. The lowest BCUT2D eigenvalue weighted by atomic mass is 10.0. The van der Waals surface area contributed by atoms with Crippen LogP contribution in [0.5, 0.6) is 0 Å². The third kappa shape index (κ3) is 2.31. The molecule has 0 spiro atoms. The van der Waals surface area contributed by atoms with Crippen LogP contribution in [0.4, 0.5) is 13.2 Å². The van der Waals surface area contributed by atoms with Gasteiger partial charge in [-0.25, -0.2) is 13.2 Å². The Kier molecular flexibility index (Phi) is 3.52. The van der Waals surface area contributed by atoms with E-state index in [9.17, 15) is 18.0 Å². The van der Waals surface area contributed by atoms with Gasteiger partial charge in [-0.05, 0) is 46.3 Å². The van der Waals surface area contributed by atoms with E-state index in [1.807, 2.05) is 0 Å². The summed E-state index contributed by atoms with van der Waals surface area (Å²) in [7, 11) is 0. The molecule has 5 heteroatoms. The molecule has 0 aliphatic rings. The maximum atomic E-state index is 13.4. The summed E-state index contributed by atoms with van der Waals surface area (Å²) < 4.78 is 39.9. The zero-order valence-electron chi connectivity index (χ0n) is 8.88. The molecule has 1 nitrogen and oxygen atoms in total. The molecular formula is C13H6BrF3O. The van der Waals surface area contributed by atoms with Crippen molar-refractivity contribution in [3.05, 3.63) is 69.4 Å². The van der Waals surface area contributed by atoms with Crippen molar-refractivity contribution >= 4 is 21.7 Å². The second kappa shape index (κ2) is 4.94. The van der Waals surface area contributed by atoms with Crippen LogP contribution < -0.4 is 0 Å². The minimum Gasteiger partial charge on any atom is -0.288 e. The van der Waals surface area contributed by atoms with Gasteiger partial charge in [-0.1, -0.05) is 6.07 Å². The molecule has 0 bridgehead atoms. The van der Waals surface area contributed by atoms with E-state index in [-0.39, 0.29) is 10.0 Å². The third-order valence-corrected chi connectivity index (χ3v) is 3.02. The summed E-state index contributed by atoms with van der Waals surface area (Å²) >= 11 is 2.99. The zero-order chi connectivity index (χ0) is 13.3. The average Bonchev–Trinajstić information content (AvgIpc) is 2.28. The van der Waals surface area contributed by atoms with Crippen molar-refractivity contribution in [2.24, 2.45) is 0 Å². The molecule has 0 unspecified atom stereocenters. The van der Waals surface area contributed by atoms with Crippen LogP contribution in [0.3, 0.4) is 0 Å². The summed E-state index contributed by atoms with van der Waals surface area (Å²) in [6, 6.07) is 6.44. The van der Waals surface area contributed by atoms with Crippen molar-refractivity contribution in [2.45, 2.75) is 0 Å². The molecular weight excluding hydrogens is 309 g/mol. The highest BCUT2D eigenvalue weighted by atomic mass is 79.9. The third-order valence-electron chi connectivity index (χ3n) is 2.37. The fraction of sp³-hybridized carbons (Fsp3) is 0. The van der Waals surface area contributed by atoms with Crippen LogP contribution in [0.2, 0.25) is 0 Å². The van der Waals surface area contributed by atoms with Crippen molar-refractivity contribution in [1.82, 2.24) is 0 Å². The van der Waals surface area contributed by atoms with E-state index in [1.54, 1.807) is 0 Å². The van der Waals surface area contributed by atoms with Crippen molar-refractivity contribution in [3.8, 4) is 0 Å². The van der Waals surface area contributed by atoms with Gasteiger partial charge < -0.3 is 0 Å². The SMILES string of the molecule is O=C(c1ccc(F)cc1Br)c1c(F)cccc1F. The lowest BCUT2D eigenvalue weighted by Crippen LogP contribution is -2.08. The topological polar surface area (TPSA) is 17.1 Å². The van der Waals surface area contributed by atoms with Crippen LogP contribution in [0.25, 0.3) is 0 Å². The number of rotatable bonds is 2. The highest BCUT2D eigenvalue weighted by Crippen LogP contribution is 2.23. The fourth-order valence-corrected chi connectivity index (χ4v) is 2.05. The number of hydrogen-bond donors (Lipinski definition) is 0. The molecule has 0 aromatic heterocycles. The Bertz CT molecular complexity index is 605. The van der Waals surface area contributed by atoms with Gasteiger partial charge in [-0.3, -0.25) is 4.79 Å². The predicted molar refractivity (Wildman–Crippen MR) is 63.9 cm³/mol. The van der Waals surface area contributed by atoms with Crippen molar-refractivity contribution in [3.63, 3.8) is 0 Å². The predicted octanol–water partition coefficient (Wildman–Crippen LogP) is 4.10. The van der Waals surface area contributed by atoms with Crippen LogP contribution in [0, 0.1) is 17.5 Å². The Labute approximate surface area is 109 Å². The monoisotopic (exact) mass is 314 g/mol. The number of hydrogen-bond acceptors (Lipinski definition) is 1. The van der Waals surface area contributed by atoms with Gasteiger partial charge in [0.15, 0.2) is 5.78 Å². The van der Waals surface area contributed by atoms with E-state index in [0.29, 0.717) is 0 Å². The van der Waals surface area contributed by atoms with Crippen LogP contribution >= 0.6 is 15.9 Å². The normalized spacial score (nSPS) is 10.4. The van der Waals surface area contributed by atoms with Gasteiger partial charge in [-0.15, -0.1) is 0 Å². The summed E-state index contributed by atoms with van der Waals surface area (Å²) in [5, 5.41) is 0. The summed E-state index contributed by atoms with van der Waals surface area (Å²) in [6.45, 7) is 0. The van der Waals surface area contributed by atoms with Crippen LogP contribution in [-0.4, -0.2) is 5.78 Å². The van der Waals surface area contributed by atoms with E-state index in [1.165, 1.54) is 12.1 Å². The first-order valence-corrected chi connectivity index (χ1v) is 5.74. The molecule has 0 radical (unpaired) electrons.